The van der Waals surface area contributed by atoms with Crippen molar-refractivity contribution < 1.29 is 13.7 Å². The summed E-state index contributed by atoms with van der Waals surface area (Å²) in [6.45, 7) is 3.37. The van der Waals surface area contributed by atoms with E-state index >= 15 is 0 Å². The van der Waals surface area contributed by atoms with Crippen molar-refractivity contribution in [1.82, 2.24) is 0 Å². The molecule has 0 heterocycles. The second kappa shape index (κ2) is 9.75. The highest BCUT2D eigenvalue weighted by atomic mass is 32.2. The summed E-state index contributed by atoms with van der Waals surface area (Å²) >= 11 is 0. The maximum absolute atomic E-state index is 13.8. The Labute approximate surface area is 190 Å². The van der Waals surface area contributed by atoms with Gasteiger partial charge in [0.15, 0.2) is 6.10 Å². The predicted molar refractivity (Wildman–Crippen MR) is 130 cm³/mol. The molecule has 0 saturated carbocycles. The molecule has 0 saturated heterocycles. The number of benzene rings is 4. The van der Waals surface area contributed by atoms with E-state index in [-0.39, 0.29) is 0 Å². The molecule has 160 valence electrons. The van der Waals surface area contributed by atoms with Crippen LogP contribution in [0.3, 0.4) is 0 Å². The van der Waals surface area contributed by atoms with Crippen molar-refractivity contribution in [3.8, 4) is 0 Å². The minimum atomic E-state index is -1.53. The minimum absolute atomic E-state index is 0.428. The highest BCUT2D eigenvalue weighted by Gasteiger charge is 2.26. The first-order valence-electron chi connectivity index (χ1n) is 10.4. The van der Waals surface area contributed by atoms with Crippen LogP contribution in [0, 0.1) is 6.92 Å². The molecule has 4 heteroatoms. The van der Waals surface area contributed by atoms with Crippen LogP contribution in [-0.2, 0) is 20.3 Å². The van der Waals surface area contributed by atoms with Gasteiger partial charge in [-0.1, -0.05) is 84.4 Å². The van der Waals surface area contributed by atoms with Crippen molar-refractivity contribution in [2.24, 2.45) is 0 Å². The predicted octanol–water partition coefficient (Wildman–Crippen LogP) is 6.60. The summed E-state index contributed by atoms with van der Waals surface area (Å²) in [6, 6.07) is 31.2. The van der Waals surface area contributed by atoms with Crippen LogP contribution < -0.4 is 0 Å². The maximum atomic E-state index is 13.8. The number of hydrogen-bond acceptors (Lipinski definition) is 3. The molecular formula is C28H24O3S. The average molecular weight is 441 g/mol. The Hall–Kier alpha value is -3.50. The third-order valence-corrected chi connectivity index (χ3v) is 6.64. The fourth-order valence-electron chi connectivity index (χ4n) is 3.57. The lowest BCUT2D eigenvalue weighted by Gasteiger charge is -2.21. The van der Waals surface area contributed by atoms with Gasteiger partial charge in [-0.3, -0.25) is 4.79 Å². The molecule has 0 unspecified atom stereocenters. The van der Waals surface area contributed by atoms with Crippen LogP contribution in [0.5, 0.6) is 0 Å². The Morgan fingerprint density at radius 2 is 1.50 bits per heavy atom. The topological polar surface area (TPSA) is 43.4 Å². The Bertz CT molecular complexity index is 1290. The van der Waals surface area contributed by atoms with Crippen molar-refractivity contribution in [3.05, 3.63) is 119 Å². The molecule has 32 heavy (non-hydrogen) atoms. The molecule has 0 spiro atoms. The first kappa shape index (κ1) is 21.7. The van der Waals surface area contributed by atoms with Crippen molar-refractivity contribution in [2.75, 3.05) is 0 Å². The monoisotopic (exact) mass is 440 g/mol. The van der Waals surface area contributed by atoms with E-state index in [1.807, 2.05) is 110 Å². The van der Waals surface area contributed by atoms with Gasteiger partial charge in [-0.2, -0.15) is 0 Å². The first-order valence-corrected chi connectivity index (χ1v) is 11.6. The standard InChI is InChI=1S/C28H24O3S/c1-20-12-16-26(17-13-20)32(30)27(18-22-8-4-3-5-9-22)28(31-21(2)29)25-15-14-23-10-6-7-11-24(23)19-25/h3-19,28H,1-2H3/b27-18+/t28-,32+/m1/s1. The molecule has 0 amide bonds. The summed E-state index contributed by atoms with van der Waals surface area (Å²) in [6.07, 6.45) is 1.08. The number of ether oxygens (including phenoxy) is 1. The molecule has 2 atom stereocenters. The zero-order valence-corrected chi connectivity index (χ0v) is 18.8. The Morgan fingerprint density at radius 3 is 2.19 bits per heavy atom. The van der Waals surface area contributed by atoms with E-state index in [0.29, 0.717) is 9.80 Å². The molecule has 0 aliphatic rings. The number of carbonyl (C=O) groups excluding carboxylic acids is 1. The zero-order chi connectivity index (χ0) is 22.5. The number of fused-ring (bicyclic) bond motifs is 1. The smallest absolute Gasteiger partial charge is 0.303 e. The number of rotatable bonds is 6. The number of aryl methyl sites for hydroxylation is 1. The summed E-state index contributed by atoms with van der Waals surface area (Å²) < 4.78 is 19.6. The molecule has 0 aliphatic carbocycles. The van der Waals surface area contributed by atoms with E-state index in [1.54, 1.807) is 0 Å². The Kier molecular flexibility index (Phi) is 6.62. The molecular weight excluding hydrogens is 416 g/mol. The van der Waals surface area contributed by atoms with Crippen LogP contribution in [0.2, 0.25) is 0 Å². The fraction of sp³-hybridized carbons (Fsp3) is 0.107. The number of carbonyl (C=O) groups is 1. The normalized spacial score (nSPS) is 13.5. The molecule has 0 aliphatic heterocycles. The summed E-state index contributed by atoms with van der Waals surface area (Å²) in [4.78, 5) is 13.3. The van der Waals surface area contributed by atoms with Crippen molar-refractivity contribution in [3.63, 3.8) is 0 Å². The lowest BCUT2D eigenvalue weighted by Crippen LogP contribution is -2.15. The van der Waals surface area contributed by atoms with E-state index in [0.717, 1.165) is 27.5 Å². The Balaban J connectivity index is 1.87. The van der Waals surface area contributed by atoms with Gasteiger partial charge in [0, 0.05) is 11.8 Å². The van der Waals surface area contributed by atoms with Gasteiger partial charge >= 0.3 is 5.97 Å². The van der Waals surface area contributed by atoms with E-state index in [1.165, 1.54) is 6.92 Å². The van der Waals surface area contributed by atoms with Gasteiger partial charge in [0.1, 0.15) is 0 Å². The summed E-state index contributed by atoms with van der Waals surface area (Å²) in [7, 11) is -1.53. The molecule has 4 rings (SSSR count). The molecule has 0 fully saturated rings. The highest BCUT2D eigenvalue weighted by molar-refractivity contribution is 7.89. The number of hydrogen-bond donors (Lipinski definition) is 0. The molecule has 0 N–H and O–H groups in total. The molecule has 4 aromatic rings. The lowest BCUT2D eigenvalue weighted by molar-refractivity contribution is -0.144. The van der Waals surface area contributed by atoms with E-state index in [9.17, 15) is 9.00 Å². The van der Waals surface area contributed by atoms with E-state index < -0.39 is 22.9 Å². The maximum Gasteiger partial charge on any atom is 0.303 e. The van der Waals surface area contributed by atoms with E-state index in [4.69, 9.17) is 4.74 Å². The lowest BCUT2D eigenvalue weighted by atomic mass is 10.0. The highest BCUT2D eigenvalue weighted by Crippen LogP contribution is 2.34. The zero-order valence-electron chi connectivity index (χ0n) is 18.0. The Morgan fingerprint density at radius 1 is 0.844 bits per heavy atom. The van der Waals surface area contributed by atoms with Gasteiger partial charge in [0.05, 0.1) is 15.7 Å². The quantitative estimate of drug-likeness (QED) is 0.317. The summed E-state index contributed by atoms with van der Waals surface area (Å²) in [5.41, 5.74) is 2.76. The van der Waals surface area contributed by atoms with Crippen molar-refractivity contribution in [1.29, 1.82) is 0 Å². The van der Waals surface area contributed by atoms with Gasteiger partial charge in [-0.15, -0.1) is 0 Å². The van der Waals surface area contributed by atoms with Crippen LogP contribution in [0.25, 0.3) is 16.8 Å². The second-order valence-electron chi connectivity index (χ2n) is 7.64. The van der Waals surface area contributed by atoms with Crippen molar-refractivity contribution in [2.45, 2.75) is 24.8 Å². The van der Waals surface area contributed by atoms with Crippen LogP contribution in [0.15, 0.2) is 107 Å². The van der Waals surface area contributed by atoms with Crippen molar-refractivity contribution >= 4 is 33.6 Å². The van der Waals surface area contributed by atoms with Gasteiger partial charge in [0.2, 0.25) is 0 Å². The van der Waals surface area contributed by atoms with Gasteiger partial charge in [-0.25, -0.2) is 4.21 Å². The van der Waals surface area contributed by atoms with E-state index in [2.05, 4.69) is 0 Å². The second-order valence-corrected chi connectivity index (χ2v) is 9.12. The van der Waals surface area contributed by atoms with Crippen LogP contribution >= 0.6 is 0 Å². The van der Waals surface area contributed by atoms with Gasteiger partial charge in [-0.05, 0) is 53.1 Å². The average Bonchev–Trinajstić information content (AvgIpc) is 2.81. The summed E-state index contributed by atoms with van der Waals surface area (Å²) in [5.74, 6) is -0.428. The third-order valence-electron chi connectivity index (χ3n) is 5.18. The van der Waals surface area contributed by atoms with Gasteiger partial charge in [0.25, 0.3) is 0 Å². The summed E-state index contributed by atoms with van der Waals surface area (Å²) in [5, 5.41) is 2.12. The molecule has 0 radical (unpaired) electrons. The van der Waals surface area contributed by atoms with Crippen LogP contribution in [-0.4, -0.2) is 10.2 Å². The molecule has 3 nitrogen and oxygen atoms in total. The minimum Gasteiger partial charge on any atom is -0.452 e. The fourth-order valence-corrected chi connectivity index (χ4v) is 4.84. The molecule has 0 bridgehead atoms. The molecule has 0 aromatic heterocycles. The largest absolute Gasteiger partial charge is 0.452 e. The third kappa shape index (κ3) is 5.04. The first-order chi connectivity index (χ1) is 15.5. The van der Waals surface area contributed by atoms with Crippen LogP contribution in [0.1, 0.15) is 29.7 Å². The SMILES string of the molecule is CC(=O)O[C@@H](/C(=C\c1ccccc1)[S@@](=O)c1ccc(C)cc1)c1ccc2ccccc2c1. The van der Waals surface area contributed by atoms with Gasteiger partial charge < -0.3 is 4.74 Å². The molecule has 4 aromatic carbocycles. The number of esters is 1. The van der Waals surface area contributed by atoms with Crippen LogP contribution in [0.4, 0.5) is 0 Å².